The highest BCUT2D eigenvalue weighted by Crippen LogP contribution is 2.28. The van der Waals surface area contributed by atoms with Gasteiger partial charge in [-0.1, -0.05) is 23.7 Å². The lowest BCUT2D eigenvalue weighted by Gasteiger charge is -2.15. The smallest absolute Gasteiger partial charge is 0.251 e. The largest absolute Gasteiger partial charge is 0.495 e. The summed E-state index contributed by atoms with van der Waals surface area (Å²) >= 11 is 6.00. The number of ether oxygens (including phenoxy) is 2. The molecule has 7 heteroatoms. The van der Waals surface area contributed by atoms with E-state index in [4.69, 9.17) is 21.1 Å². The molecule has 0 saturated carbocycles. The number of aryl methyl sites for hydroxylation is 2. The fraction of sp³-hybridized carbons (Fsp3) is 0.238. The molecule has 1 N–H and O–H groups in total. The van der Waals surface area contributed by atoms with Gasteiger partial charge in [0, 0.05) is 29.4 Å². The Kier molecular flexibility index (Phi) is 5.90. The van der Waals surface area contributed by atoms with Crippen LogP contribution in [0.4, 0.5) is 5.69 Å². The molecule has 0 radical (unpaired) electrons. The van der Waals surface area contributed by atoms with Gasteiger partial charge in [-0.15, -0.1) is 0 Å². The topological polar surface area (TPSA) is 69.6 Å². The molecule has 2 aromatic carbocycles. The molecular formula is C21H21ClN2O4. The normalized spacial score (nSPS) is 10.7. The number of halogens is 1. The van der Waals surface area contributed by atoms with Crippen molar-refractivity contribution in [3.8, 4) is 11.5 Å². The van der Waals surface area contributed by atoms with Crippen LogP contribution in [0.25, 0.3) is 10.9 Å². The van der Waals surface area contributed by atoms with Crippen LogP contribution in [0.5, 0.6) is 11.5 Å². The van der Waals surface area contributed by atoms with Crippen LogP contribution in [0.3, 0.4) is 0 Å². The average molecular weight is 401 g/mol. The number of rotatable bonds is 6. The van der Waals surface area contributed by atoms with E-state index in [1.807, 2.05) is 19.1 Å². The molecule has 1 amide bonds. The highest BCUT2D eigenvalue weighted by Gasteiger charge is 2.14. The quantitative estimate of drug-likeness (QED) is 0.678. The molecule has 146 valence electrons. The molecule has 0 atom stereocenters. The number of fused-ring (bicyclic) bond motifs is 1. The maximum Gasteiger partial charge on any atom is 0.251 e. The maximum atomic E-state index is 12.6. The molecule has 3 rings (SSSR count). The van der Waals surface area contributed by atoms with Crippen molar-refractivity contribution in [3.05, 3.63) is 63.4 Å². The Bertz CT molecular complexity index is 1090. The first-order valence-corrected chi connectivity index (χ1v) is 9.13. The number of pyridine rings is 1. The van der Waals surface area contributed by atoms with Crippen molar-refractivity contribution in [3.63, 3.8) is 0 Å². The molecule has 1 heterocycles. The number of benzene rings is 2. The minimum absolute atomic E-state index is 0.103. The Labute approximate surface area is 167 Å². The van der Waals surface area contributed by atoms with Crippen LogP contribution < -0.4 is 20.3 Å². The number of aromatic nitrogens is 1. The van der Waals surface area contributed by atoms with E-state index in [2.05, 4.69) is 5.32 Å². The summed E-state index contributed by atoms with van der Waals surface area (Å²) in [6.07, 6.45) is 0.103. The van der Waals surface area contributed by atoms with Crippen molar-refractivity contribution in [1.29, 1.82) is 0 Å². The lowest BCUT2D eigenvalue weighted by molar-refractivity contribution is -0.116. The molecule has 28 heavy (non-hydrogen) atoms. The number of para-hydroxylation sites is 1. The second kappa shape index (κ2) is 8.35. The summed E-state index contributed by atoms with van der Waals surface area (Å²) in [7, 11) is 3.08. The van der Waals surface area contributed by atoms with Crippen molar-refractivity contribution in [2.24, 2.45) is 0 Å². The zero-order valence-electron chi connectivity index (χ0n) is 15.9. The minimum Gasteiger partial charge on any atom is -0.495 e. The molecule has 3 aromatic rings. The third-order valence-corrected chi connectivity index (χ3v) is 4.75. The third-order valence-electron chi connectivity index (χ3n) is 4.52. The fourth-order valence-electron chi connectivity index (χ4n) is 3.16. The Morgan fingerprint density at radius 1 is 1.11 bits per heavy atom. The van der Waals surface area contributed by atoms with Crippen LogP contribution in [-0.4, -0.2) is 24.7 Å². The predicted octanol–water partition coefficient (Wildman–Crippen LogP) is 4.01. The molecule has 0 aliphatic heterocycles. The summed E-state index contributed by atoms with van der Waals surface area (Å²) in [6.45, 7) is 2.09. The zero-order chi connectivity index (χ0) is 20.3. The van der Waals surface area contributed by atoms with Gasteiger partial charge in [0.2, 0.25) is 5.91 Å². The number of nitrogens with one attached hydrogen (secondary N) is 1. The van der Waals surface area contributed by atoms with Crippen LogP contribution >= 0.6 is 11.6 Å². The molecule has 6 nitrogen and oxygen atoms in total. The summed E-state index contributed by atoms with van der Waals surface area (Å²) < 4.78 is 12.2. The van der Waals surface area contributed by atoms with E-state index in [0.29, 0.717) is 27.7 Å². The molecule has 0 spiro atoms. The van der Waals surface area contributed by atoms with Gasteiger partial charge >= 0.3 is 0 Å². The SMILES string of the molecule is COc1ccc(Cl)cc1NC(=O)CCn1c(=O)cc(C)c2cccc(OC)c21. The Morgan fingerprint density at radius 3 is 2.57 bits per heavy atom. The molecule has 0 fully saturated rings. The highest BCUT2D eigenvalue weighted by molar-refractivity contribution is 6.31. The molecule has 0 unspecified atom stereocenters. The fourth-order valence-corrected chi connectivity index (χ4v) is 3.33. The van der Waals surface area contributed by atoms with Crippen LogP contribution in [0, 0.1) is 6.92 Å². The number of carbonyl (C=O) groups is 1. The highest BCUT2D eigenvalue weighted by atomic mass is 35.5. The summed E-state index contributed by atoms with van der Waals surface area (Å²) in [6, 6.07) is 12.2. The number of methoxy groups -OCH3 is 2. The van der Waals surface area contributed by atoms with E-state index in [1.165, 1.54) is 7.11 Å². The maximum absolute atomic E-state index is 12.6. The van der Waals surface area contributed by atoms with Gasteiger partial charge in [0.1, 0.15) is 11.5 Å². The van der Waals surface area contributed by atoms with Gasteiger partial charge < -0.3 is 19.4 Å². The van der Waals surface area contributed by atoms with Crippen LogP contribution in [0.2, 0.25) is 5.02 Å². The second-order valence-corrected chi connectivity index (χ2v) is 6.75. The standard InChI is InChI=1S/C21H21ClN2O4/c1-13-11-20(26)24(21-15(13)5-4-6-18(21)28-3)10-9-19(25)23-16-12-14(22)7-8-17(16)27-2/h4-8,11-12H,9-10H2,1-3H3,(H,23,25). The van der Waals surface area contributed by atoms with Crippen molar-refractivity contribution in [2.45, 2.75) is 19.9 Å². The van der Waals surface area contributed by atoms with Crippen molar-refractivity contribution >= 4 is 34.1 Å². The van der Waals surface area contributed by atoms with E-state index < -0.39 is 0 Å². The monoisotopic (exact) mass is 400 g/mol. The molecular weight excluding hydrogens is 380 g/mol. The number of anilines is 1. The van der Waals surface area contributed by atoms with Crippen molar-refractivity contribution in [2.75, 3.05) is 19.5 Å². The summed E-state index contributed by atoms with van der Waals surface area (Å²) in [5, 5.41) is 4.19. The number of hydrogen-bond donors (Lipinski definition) is 1. The molecule has 0 saturated heterocycles. The van der Waals surface area contributed by atoms with Gasteiger partial charge in [-0.05, 0) is 36.8 Å². The first kappa shape index (κ1) is 19.8. The summed E-state index contributed by atoms with van der Waals surface area (Å²) in [5.74, 6) is 0.851. The Morgan fingerprint density at radius 2 is 1.86 bits per heavy atom. The van der Waals surface area contributed by atoms with Gasteiger partial charge in [0.25, 0.3) is 5.56 Å². The summed E-state index contributed by atoms with van der Waals surface area (Å²) in [4.78, 5) is 25.1. The predicted molar refractivity (Wildman–Crippen MR) is 111 cm³/mol. The molecule has 0 bridgehead atoms. The lowest BCUT2D eigenvalue weighted by Crippen LogP contribution is -2.24. The van der Waals surface area contributed by atoms with E-state index in [0.717, 1.165) is 10.9 Å². The number of nitrogens with zero attached hydrogens (tertiary/aromatic N) is 1. The van der Waals surface area contributed by atoms with Gasteiger partial charge in [-0.3, -0.25) is 9.59 Å². The van der Waals surface area contributed by atoms with Crippen LogP contribution in [0.1, 0.15) is 12.0 Å². The van der Waals surface area contributed by atoms with Gasteiger partial charge in [0.05, 0.1) is 25.4 Å². The Hall–Kier alpha value is -2.99. The number of amides is 1. The van der Waals surface area contributed by atoms with Crippen molar-refractivity contribution in [1.82, 2.24) is 4.57 Å². The van der Waals surface area contributed by atoms with Gasteiger partial charge in [-0.25, -0.2) is 0 Å². The van der Waals surface area contributed by atoms with Gasteiger partial charge in [-0.2, -0.15) is 0 Å². The average Bonchev–Trinajstić information content (AvgIpc) is 2.67. The van der Waals surface area contributed by atoms with E-state index in [-0.39, 0.29) is 24.4 Å². The third kappa shape index (κ3) is 3.97. The van der Waals surface area contributed by atoms with E-state index in [1.54, 1.807) is 42.0 Å². The first-order valence-electron chi connectivity index (χ1n) is 8.75. The zero-order valence-corrected chi connectivity index (χ0v) is 16.7. The lowest BCUT2D eigenvalue weighted by atomic mass is 10.1. The van der Waals surface area contributed by atoms with E-state index >= 15 is 0 Å². The Balaban J connectivity index is 1.87. The molecule has 0 aliphatic rings. The molecule has 1 aromatic heterocycles. The van der Waals surface area contributed by atoms with Crippen LogP contribution in [0.15, 0.2) is 47.3 Å². The van der Waals surface area contributed by atoms with Gasteiger partial charge in [0.15, 0.2) is 0 Å². The number of hydrogen-bond acceptors (Lipinski definition) is 4. The minimum atomic E-state index is -0.254. The van der Waals surface area contributed by atoms with Crippen molar-refractivity contribution < 1.29 is 14.3 Å². The first-order chi connectivity index (χ1) is 13.4. The van der Waals surface area contributed by atoms with Crippen LogP contribution in [-0.2, 0) is 11.3 Å². The second-order valence-electron chi connectivity index (χ2n) is 6.32. The summed E-state index contributed by atoms with van der Waals surface area (Å²) in [5.41, 5.74) is 1.85. The van der Waals surface area contributed by atoms with E-state index in [9.17, 15) is 9.59 Å². The number of carbonyl (C=O) groups excluding carboxylic acids is 1. The molecule has 0 aliphatic carbocycles.